The van der Waals surface area contributed by atoms with Gasteiger partial charge in [-0.3, -0.25) is 9.89 Å². The average molecular weight is 478 g/mol. The molecular weight excluding hydrogens is 447 g/mol. The van der Waals surface area contributed by atoms with Crippen molar-refractivity contribution in [3.63, 3.8) is 0 Å². The molecule has 2 fully saturated rings. The number of nitrogens with two attached hydrogens (primary N) is 1. The molecule has 3 heterocycles. The van der Waals surface area contributed by atoms with Crippen LogP contribution in [0.1, 0.15) is 43.5 Å². The number of guanidine groups is 1. The van der Waals surface area contributed by atoms with Crippen molar-refractivity contribution in [3.05, 3.63) is 22.4 Å². The van der Waals surface area contributed by atoms with Crippen LogP contribution in [0.2, 0.25) is 0 Å². The smallest absolute Gasteiger partial charge is 0.191 e. The third kappa shape index (κ3) is 6.08. The van der Waals surface area contributed by atoms with E-state index >= 15 is 0 Å². The topological polar surface area (TPSA) is 54.1 Å². The Bertz CT molecular complexity index is 517. The molecule has 0 spiro atoms. The van der Waals surface area contributed by atoms with Crippen LogP contribution >= 0.6 is 35.3 Å². The summed E-state index contributed by atoms with van der Waals surface area (Å²) in [7, 11) is 0. The molecule has 7 heteroatoms. The van der Waals surface area contributed by atoms with Crippen LogP contribution < -0.4 is 5.73 Å². The highest BCUT2D eigenvalue weighted by Crippen LogP contribution is 2.27. The standard InChI is InChI=1S/C18H30N4OS.HI/c1-15-14-22(10-11-23-15)16(17-7-6-12-24-17)13-20-18(19)21-8-4-2-3-5-9-21;/h6-7,12,15-16H,2-5,8-11,13-14H2,1H3,(H2,19,20);1H. The van der Waals surface area contributed by atoms with Crippen molar-refractivity contribution in [3.8, 4) is 0 Å². The highest BCUT2D eigenvalue weighted by molar-refractivity contribution is 14.0. The second-order valence-corrected chi connectivity index (χ2v) is 7.79. The first-order chi connectivity index (χ1) is 11.7. The van der Waals surface area contributed by atoms with Crippen LogP contribution in [-0.4, -0.2) is 61.2 Å². The molecule has 0 aromatic carbocycles. The lowest BCUT2D eigenvalue weighted by Gasteiger charge is -2.36. The van der Waals surface area contributed by atoms with Gasteiger partial charge in [0.1, 0.15) is 0 Å². The fourth-order valence-corrected chi connectivity index (χ4v) is 4.43. The van der Waals surface area contributed by atoms with Gasteiger partial charge < -0.3 is 15.4 Å². The highest BCUT2D eigenvalue weighted by atomic mass is 127. The molecule has 5 nitrogen and oxygen atoms in total. The third-order valence-electron chi connectivity index (χ3n) is 4.94. The molecule has 0 aliphatic carbocycles. The first-order valence-corrected chi connectivity index (χ1v) is 10.1. The lowest BCUT2D eigenvalue weighted by atomic mass is 10.1. The maximum absolute atomic E-state index is 6.31. The molecule has 0 bridgehead atoms. The van der Waals surface area contributed by atoms with E-state index in [1.807, 2.05) is 11.3 Å². The lowest BCUT2D eigenvalue weighted by molar-refractivity contribution is -0.0327. The molecule has 1 aromatic rings. The molecule has 3 rings (SSSR count). The van der Waals surface area contributed by atoms with E-state index < -0.39 is 0 Å². The summed E-state index contributed by atoms with van der Waals surface area (Å²) >= 11 is 1.81. The molecule has 2 atom stereocenters. The van der Waals surface area contributed by atoms with Crippen molar-refractivity contribution in [2.45, 2.75) is 44.8 Å². The fourth-order valence-electron chi connectivity index (χ4n) is 3.57. The lowest BCUT2D eigenvalue weighted by Crippen LogP contribution is -2.44. The van der Waals surface area contributed by atoms with Crippen LogP contribution in [0.3, 0.4) is 0 Å². The largest absolute Gasteiger partial charge is 0.376 e. The molecule has 0 amide bonds. The van der Waals surface area contributed by atoms with E-state index in [-0.39, 0.29) is 30.1 Å². The van der Waals surface area contributed by atoms with Crippen molar-refractivity contribution >= 4 is 41.3 Å². The van der Waals surface area contributed by atoms with Crippen molar-refractivity contribution in [2.75, 3.05) is 39.3 Å². The summed E-state index contributed by atoms with van der Waals surface area (Å²) in [6.07, 6.45) is 5.37. The van der Waals surface area contributed by atoms with E-state index in [0.717, 1.165) is 45.3 Å². The fraction of sp³-hybridized carbons (Fsp3) is 0.722. The summed E-state index contributed by atoms with van der Waals surface area (Å²) in [5.74, 6) is 0.722. The van der Waals surface area contributed by atoms with Gasteiger partial charge in [-0.05, 0) is 31.2 Å². The molecule has 2 unspecified atom stereocenters. The van der Waals surface area contributed by atoms with Gasteiger partial charge in [-0.25, -0.2) is 0 Å². The number of hydrogen-bond donors (Lipinski definition) is 1. The molecule has 25 heavy (non-hydrogen) atoms. The second-order valence-electron chi connectivity index (χ2n) is 6.81. The van der Waals surface area contributed by atoms with Crippen molar-refractivity contribution in [1.29, 1.82) is 0 Å². The van der Waals surface area contributed by atoms with Gasteiger partial charge in [-0.15, -0.1) is 35.3 Å². The van der Waals surface area contributed by atoms with Gasteiger partial charge in [0, 0.05) is 31.1 Å². The summed E-state index contributed by atoms with van der Waals surface area (Å²) in [4.78, 5) is 10.9. The number of halogens is 1. The van der Waals surface area contributed by atoms with E-state index in [1.54, 1.807) is 0 Å². The van der Waals surface area contributed by atoms with Gasteiger partial charge in [-0.2, -0.15) is 0 Å². The Morgan fingerprint density at radius 1 is 1.32 bits per heavy atom. The van der Waals surface area contributed by atoms with Gasteiger partial charge in [0.15, 0.2) is 5.96 Å². The minimum absolute atomic E-state index is 0. The molecule has 0 saturated carbocycles. The maximum atomic E-state index is 6.31. The number of hydrogen-bond acceptors (Lipinski definition) is 4. The van der Waals surface area contributed by atoms with Crippen LogP contribution in [0, 0.1) is 0 Å². The summed E-state index contributed by atoms with van der Waals surface area (Å²) in [5.41, 5.74) is 6.31. The second kappa shape index (κ2) is 10.7. The summed E-state index contributed by atoms with van der Waals surface area (Å²) < 4.78 is 5.70. The Labute approximate surface area is 172 Å². The van der Waals surface area contributed by atoms with E-state index in [4.69, 9.17) is 15.5 Å². The summed E-state index contributed by atoms with van der Waals surface area (Å²) in [5, 5.41) is 2.15. The van der Waals surface area contributed by atoms with Crippen molar-refractivity contribution < 1.29 is 4.74 Å². The van der Waals surface area contributed by atoms with Crippen molar-refractivity contribution in [2.24, 2.45) is 10.7 Å². The number of ether oxygens (including phenoxy) is 1. The van der Waals surface area contributed by atoms with E-state index in [1.165, 1.54) is 30.6 Å². The molecule has 2 saturated heterocycles. The van der Waals surface area contributed by atoms with Crippen LogP contribution in [0.25, 0.3) is 0 Å². The van der Waals surface area contributed by atoms with Crippen LogP contribution in [0.4, 0.5) is 0 Å². The minimum Gasteiger partial charge on any atom is -0.376 e. The number of aliphatic imine (C=N–C) groups is 1. The number of thiophene rings is 1. The first-order valence-electron chi connectivity index (χ1n) is 9.18. The zero-order valence-corrected chi connectivity index (χ0v) is 18.2. The Hall–Kier alpha value is -0.380. The number of likely N-dealkylation sites (tertiary alicyclic amines) is 1. The zero-order chi connectivity index (χ0) is 16.8. The highest BCUT2D eigenvalue weighted by Gasteiger charge is 2.26. The predicted octanol–water partition coefficient (Wildman–Crippen LogP) is 3.32. The van der Waals surface area contributed by atoms with Gasteiger partial charge in [0.25, 0.3) is 0 Å². The summed E-state index contributed by atoms with van der Waals surface area (Å²) in [6.45, 7) is 7.70. The third-order valence-corrected chi connectivity index (χ3v) is 5.91. The number of rotatable bonds is 4. The normalized spacial score (nSPS) is 24.4. The molecule has 2 N–H and O–H groups in total. The Morgan fingerprint density at radius 3 is 2.72 bits per heavy atom. The van der Waals surface area contributed by atoms with Crippen molar-refractivity contribution in [1.82, 2.24) is 9.80 Å². The Balaban J connectivity index is 0.00000225. The van der Waals surface area contributed by atoms with Gasteiger partial charge >= 0.3 is 0 Å². The molecule has 2 aliphatic heterocycles. The molecule has 0 radical (unpaired) electrons. The van der Waals surface area contributed by atoms with Gasteiger partial charge in [0.05, 0.1) is 25.3 Å². The maximum Gasteiger partial charge on any atom is 0.191 e. The van der Waals surface area contributed by atoms with Gasteiger partial charge in [-0.1, -0.05) is 18.9 Å². The van der Waals surface area contributed by atoms with E-state index in [9.17, 15) is 0 Å². The van der Waals surface area contributed by atoms with Crippen LogP contribution in [0.15, 0.2) is 22.5 Å². The minimum atomic E-state index is 0. The Morgan fingerprint density at radius 2 is 2.08 bits per heavy atom. The molecular formula is C18H31IN4OS. The predicted molar refractivity (Wildman–Crippen MR) is 116 cm³/mol. The Kier molecular flexibility index (Phi) is 8.95. The van der Waals surface area contributed by atoms with Crippen LogP contribution in [0.5, 0.6) is 0 Å². The molecule has 2 aliphatic rings. The summed E-state index contributed by atoms with van der Waals surface area (Å²) in [6, 6.07) is 4.65. The zero-order valence-electron chi connectivity index (χ0n) is 15.1. The monoisotopic (exact) mass is 478 g/mol. The molecule has 1 aromatic heterocycles. The average Bonchev–Trinajstić information content (AvgIpc) is 2.96. The van der Waals surface area contributed by atoms with E-state index in [0.29, 0.717) is 6.04 Å². The van der Waals surface area contributed by atoms with Gasteiger partial charge in [0.2, 0.25) is 0 Å². The SMILES string of the molecule is CC1CN(C(CN=C(N)N2CCCCCC2)c2cccs2)CCO1.I. The quantitative estimate of drug-likeness (QED) is 0.410. The molecule has 142 valence electrons. The van der Waals surface area contributed by atoms with Crippen LogP contribution in [-0.2, 0) is 4.74 Å². The number of nitrogens with zero attached hydrogens (tertiary/aromatic N) is 3. The first kappa shape index (κ1) is 20.9. The van der Waals surface area contributed by atoms with E-state index in [2.05, 4.69) is 34.2 Å². The number of morpholine rings is 1.